The van der Waals surface area contributed by atoms with Crippen molar-refractivity contribution in [3.05, 3.63) is 11.6 Å². The molecule has 0 spiro atoms. The second-order valence-corrected chi connectivity index (χ2v) is 5.92. The van der Waals surface area contributed by atoms with Gasteiger partial charge in [0.25, 0.3) is 0 Å². The van der Waals surface area contributed by atoms with Gasteiger partial charge in [0.15, 0.2) is 0 Å². The summed E-state index contributed by atoms with van der Waals surface area (Å²) in [5.74, 6) is -0.851. The minimum atomic E-state index is -0.828. The minimum absolute atomic E-state index is 0.0227. The van der Waals surface area contributed by atoms with Gasteiger partial charge in [-0.15, -0.1) is 0 Å². The van der Waals surface area contributed by atoms with Gasteiger partial charge in [-0.25, -0.2) is 0 Å². The van der Waals surface area contributed by atoms with Crippen molar-refractivity contribution < 1.29 is 14.7 Å². The number of carboxylic acid groups (broad SMARTS) is 1. The molecule has 5 heteroatoms. The van der Waals surface area contributed by atoms with Crippen molar-refractivity contribution in [3.63, 3.8) is 0 Å². The molecule has 2 N–H and O–H groups in total. The maximum Gasteiger partial charge on any atom is 0.304 e. The van der Waals surface area contributed by atoms with E-state index >= 15 is 0 Å². The first kappa shape index (κ1) is 17.7. The summed E-state index contributed by atoms with van der Waals surface area (Å²) >= 11 is 0. The lowest BCUT2D eigenvalue weighted by atomic mass is 9.97. The number of hydrogen-bond acceptors (Lipinski definition) is 3. The van der Waals surface area contributed by atoms with Gasteiger partial charge in [0.05, 0.1) is 13.0 Å². The molecule has 0 unspecified atom stereocenters. The van der Waals surface area contributed by atoms with Gasteiger partial charge >= 0.3 is 5.97 Å². The van der Waals surface area contributed by atoms with E-state index in [1.165, 1.54) is 24.8 Å². The Hall–Kier alpha value is -1.36. The van der Waals surface area contributed by atoms with Gasteiger partial charge in [-0.1, -0.05) is 11.6 Å². The van der Waals surface area contributed by atoms with Crippen LogP contribution in [-0.4, -0.2) is 47.6 Å². The van der Waals surface area contributed by atoms with Crippen molar-refractivity contribution in [2.45, 2.75) is 58.4 Å². The highest BCUT2D eigenvalue weighted by atomic mass is 16.4. The van der Waals surface area contributed by atoms with Crippen LogP contribution in [0.3, 0.4) is 0 Å². The van der Waals surface area contributed by atoms with Crippen LogP contribution in [0.1, 0.15) is 52.4 Å². The lowest BCUT2D eigenvalue weighted by Gasteiger charge is -2.25. The Kier molecular flexibility index (Phi) is 8.05. The van der Waals surface area contributed by atoms with E-state index in [2.05, 4.69) is 11.4 Å². The van der Waals surface area contributed by atoms with Crippen LogP contribution >= 0.6 is 0 Å². The monoisotopic (exact) mass is 296 g/mol. The van der Waals surface area contributed by atoms with Crippen LogP contribution in [0, 0.1) is 0 Å². The maximum absolute atomic E-state index is 11.9. The lowest BCUT2D eigenvalue weighted by Crippen LogP contribution is -2.42. The van der Waals surface area contributed by atoms with E-state index < -0.39 is 5.97 Å². The summed E-state index contributed by atoms with van der Waals surface area (Å²) in [4.78, 5) is 24.4. The number of allylic oxidation sites excluding steroid dienone is 1. The number of carboxylic acids is 1. The fraction of sp³-hybridized carbons (Fsp3) is 0.750. The van der Waals surface area contributed by atoms with E-state index in [1.807, 2.05) is 18.7 Å². The van der Waals surface area contributed by atoms with Gasteiger partial charge in [-0.3, -0.25) is 14.5 Å². The highest BCUT2D eigenvalue weighted by Gasteiger charge is 2.15. The summed E-state index contributed by atoms with van der Waals surface area (Å²) in [5, 5.41) is 11.7. The van der Waals surface area contributed by atoms with Crippen molar-refractivity contribution in [2.24, 2.45) is 0 Å². The van der Waals surface area contributed by atoms with Crippen LogP contribution in [0.2, 0.25) is 0 Å². The van der Waals surface area contributed by atoms with Gasteiger partial charge in [0, 0.05) is 19.1 Å². The first-order valence-electron chi connectivity index (χ1n) is 7.89. The standard InChI is InChI=1S/C16H28N2O3/c1-13(2)18(11-9-16(20)21)12-15(19)17-10-8-14-6-4-3-5-7-14/h6,13H,3-5,7-12H2,1-2H3,(H,17,19)(H,20,21). The smallest absolute Gasteiger partial charge is 0.304 e. The van der Waals surface area contributed by atoms with Gasteiger partial charge < -0.3 is 10.4 Å². The topological polar surface area (TPSA) is 69.6 Å². The molecule has 5 nitrogen and oxygen atoms in total. The zero-order valence-electron chi connectivity index (χ0n) is 13.2. The number of amides is 1. The van der Waals surface area contributed by atoms with E-state index in [1.54, 1.807) is 0 Å². The van der Waals surface area contributed by atoms with Crippen LogP contribution in [0.4, 0.5) is 0 Å². The van der Waals surface area contributed by atoms with Crippen LogP contribution in [0.15, 0.2) is 11.6 Å². The van der Waals surface area contributed by atoms with Gasteiger partial charge in [-0.05, 0) is 46.0 Å². The quantitative estimate of drug-likeness (QED) is 0.640. The van der Waals surface area contributed by atoms with E-state index in [-0.39, 0.29) is 24.9 Å². The Labute approximate surface area is 127 Å². The Bertz CT molecular complexity index is 378. The van der Waals surface area contributed by atoms with E-state index in [0.717, 1.165) is 12.8 Å². The van der Waals surface area contributed by atoms with Crippen molar-refractivity contribution in [1.82, 2.24) is 10.2 Å². The number of carbonyl (C=O) groups excluding carboxylic acids is 1. The number of nitrogens with zero attached hydrogens (tertiary/aromatic N) is 1. The highest BCUT2D eigenvalue weighted by Crippen LogP contribution is 2.19. The van der Waals surface area contributed by atoms with Crippen molar-refractivity contribution in [2.75, 3.05) is 19.6 Å². The molecule has 1 amide bonds. The molecule has 0 aliphatic heterocycles. The molecule has 0 bridgehead atoms. The first-order valence-corrected chi connectivity index (χ1v) is 7.89. The number of rotatable bonds is 9. The van der Waals surface area contributed by atoms with Crippen LogP contribution in [0.5, 0.6) is 0 Å². The van der Waals surface area contributed by atoms with E-state index in [0.29, 0.717) is 13.1 Å². The third kappa shape index (κ3) is 7.85. The molecule has 0 fully saturated rings. The highest BCUT2D eigenvalue weighted by molar-refractivity contribution is 5.78. The molecular formula is C16H28N2O3. The largest absolute Gasteiger partial charge is 0.481 e. The minimum Gasteiger partial charge on any atom is -0.481 e. The van der Waals surface area contributed by atoms with Gasteiger partial charge in [0.2, 0.25) is 5.91 Å². The molecule has 1 aliphatic carbocycles. The van der Waals surface area contributed by atoms with Gasteiger partial charge in [-0.2, -0.15) is 0 Å². The normalized spacial score (nSPS) is 15.1. The fourth-order valence-electron chi connectivity index (χ4n) is 2.49. The number of carbonyl (C=O) groups is 2. The van der Waals surface area contributed by atoms with Crippen LogP contribution in [-0.2, 0) is 9.59 Å². The zero-order valence-corrected chi connectivity index (χ0v) is 13.2. The molecule has 0 heterocycles. The molecule has 0 aromatic carbocycles. The molecular weight excluding hydrogens is 268 g/mol. The zero-order chi connectivity index (χ0) is 15.7. The summed E-state index contributed by atoms with van der Waals surface area (Å²) in [7, 11) is 0. The Morgan fingerprint density at radius 2 is 2.14 bits per heavy atom. The summed E-state index contributed by atoms with van der Waals surface area (Å²) < 4.78 is 0. The summed E-state index contributed by atoms with van der Waals surface area (Å²) in [6.45, 7) is 5.30. The fourth-order valence-corrected chi connectivity index (χ4v) is 2.49. The summed E-state index contributed by atoms with van der Waals surface area (Å²) in [6.07, 6.45) is 8.16. The molecule has 0 saturated carbocycles. The molecule has 0 aromatic heterocycles. The lowest BCUT2D eigenvalue weighted by molar-refractivity contribution is -0.138. The van der Waals surface area contributed by atoms with E-state index in [9.17, 15) is 9.59 Å². The van der Waals surface area contributed by atoms with E-state index in [4.69, 9.17) is 5.11 Å². The molecule has 1 aliphatic rings. The Morgan fingerprint density at radius 1 is 1.38 bits per heavy atom. The molecule has 21 heavy (non-hydrogen) atoms. The predicted octanol–water partition coefficient (Wildman–Crippen LogP) is 2.18. The third-order valence-electron chi connectivity index (χ3n) is 3.84. The molecule has 0 saturated heterocycles. The molecule has 0 atom stereocenters. The van der Waals surface area contributed by atoms with Crippen molar-refractivity contribution in [3.8, 4) is 0 Å². The molecule has 0 radical (unpaired) electrons. The number of nitrogens with one attached hydrogen (secondary N) is 1. The number of aliphatic carboxylic acids is 1. The second kappa shape index (κ2) is 9.55. The van der Waals surface area contributed by atoms with Gasteiger partial charge in [0.1, 0.15) is 0 Å². The SMILES string of the molecule is CC(C)N(CCC(=O)O)CC(=O)NCCC1=CCCCC1. The average molecular weight is 296 g/mol. The summed E-state index contributed by atoms with van der Waals surface area (Å²) in [6, 6.07) is 0.163. The van der Waals surface area contributed by atoms with Crippen LogP contribution < -0.4 is 5.32 Å². The number of hydrogen-bond donors (Lipinski definition) is 2. The molecule has 120 valence electrons. The maximum atomic E-state index is 11.9. The second-order valence-electron chi connectivity index (χ2n) is 5.92. The Balaban J connectivity index is 2.26. The summed E-state index contributed by atoms with van der Waals surface area (Å²) in [5.41, 5.74) is 1.45. The Morgan fingerprint density at radius 3 is 2.71 bits per heavy atom. The van der Waals surface area contributed by atoms with Crippen molar-refractivity contribution in [1.29, 1.82) is 0 Å². The van der Waals surface area contributed by atoms with Crippen molar-refractivity contribution >= 4 is 11.9 Å². The third-order valence-corrected chi connectivity index (χ3v) is 3.84. The molecule has 1 rings (SSSR count). The molecule has 0 aromatic rings. The predicted molar refractivity (Wildman–Crippen MR) is 83.1 cm³/mol. The average Bonchev–Trinajstić information content (AvgIpc) is 2.44. The van der Waals surface area contributed by atoms with Crippen LogP contribution in [0.25, 0.3) is 0 Å². The first-order chi connectivity index (χ1) is 9.99.